The molecule has 2 atom stereocenters. The molecular weight excluding hydrogens is 260 g/mol. The molecule has 1 aliphatic rings. The van der Waals surface area contributed by atoms with Gasteiger partial charge < -0.3 is 15.3 Å². The molecule has 0 spiro atoms. The van der Waals surface area contributed by atoms with Crippen LogP contribution in [0.4, 0.5) is 0 Å². The SMILES string of the molecule is CC(=O)NC(C)C(=O)N1CCCC(C(C)(C)C(=O)O)C1. The van der Waals surface area contributed by atoms with Gasteiger partial charge in [-0.25, -0.2) is 0 Å². The topological polar surface area (TPSA) is 86.7 Å². The molecule has 114 valence electrons. The number of carboxylic acids is 1. The van der Waals surface area contributed by atoms with Gasteiger partial charge in [0.15, 0.2) is 0 Å². The molecule has 1 aliphatic heterocycles. The average molecular weight is 284 g/mol. The number of carbonyl (C=O) groups is 3. The van der Waals surface area contributed by atoms with Crippen molar-refractivity contribution in [2.45, 2.75) is 46.6 Å². The standard InChI is InChI=1S/C14H24N2O4/c1-9(15-10(2)17)12(18)16-7-5-6-11(8-16)14(3,4)13(19)20/h9,11H,5-8H2,1-4H3,(H,15,17)(H,19,20). The predicted octanol–water partition coefficient (Wildman–Crippen LogP) is 0.860. The first kappa shape index (κ1) is 16.5. The Morgan fingerprint density at radius 2 is 1.95 bits per heavy atom. The number of likely N-dealkylation sites (tertiary alicyclic amines) is 1. The third-order valence-corrected chi connectivity index (χ3v) is 4.10. The van der Waals surface area contributed by atoms with Crippen molar-refractivity contribution in [2.75, 3.05) is 13.1 Å². The highest BCUT2D eigenvalue weighted by Gasteiger charge is 2.40. The number of piperidine rings is 1. The summed E-state index contributed by atoms with van der Waals surface area (Å²) in [6, 6.07) is -0.570. The van der Waals surface area contributed by atoms with Crippen LogP contribution in [-0.4, -0.2) is 46.9 Å². The average Bonchev–Trinajstić information content (AvgIpc) is 2.37. The molecule has 20 heavy (non-hydrogen) atoms. The summed E-state index contributed by atoms with van der Waals surface area (Å²) >= 11 is 0. The normalized spacial score (nSPS) is 21.2. The van der Waals surface area contributed by atoms with Crippen molar-refractivity contribution in [3.8, 4) is 0 Å². The van der Waals surface area contributed by atoms with Gasteiger partial charge >= 0.3 is 5.97 Å². The number of aliphatic carboxylic acids is 1. The van der Waals surface area contributed by atoms with Gasteiger partial charge in [-0.3, -0.25) is 14.4 Å². The fraction of sp³-hybridized carbons (Fsp3) is 0.786. The largest absolute Gasteiger partial charge is 0.481 e. The van der Waals surface area contributed by atoms with Crippen LogP contribution in [0.3, 0.4) is 0 Å². The Bertz CT molecular complexity index is 406. The van der Waals surface area contributed by atoms with E-state index in [-0.39, 0.29) is 17.7 Å². The number of rotatable bonds is 4. The van der Waals surface area contributed by atoms with Gasteiger partial charge in [0, 0.05) is 20.0 Å². The van der Waals surface area contributed by atoms with E-state index in [1.807, 2.05) is 0 Å². The lowest BCUT2D eigenvalue weighted by atomic mass is 9.74. The summed E-state index contributed by atoms with van der Waals surface area (Å²) in [4.78, 5) is 36.2. The Morgan fingerprint density at radius 1 is 1.35 bits per heavy atom. The Hall–Kier alpha value is -1.59. The predicted molar refractivity (Wildman–Crippen MR) is 74.0 cm³/mol. The van der Waals surface area contributed by atoms with E-state index in [9.17, 15) is 19.5 Å². The molecule has 6 nitrogen and oxygen atoms in total. The van der Waals surface area contributed by atoms with Gasteiger partial charge in [0.2, 0.25) is 11.8 Å². The third-order valence-electron chi connectivity index (χ3n) is 4.10. The summed E-state index contributed by atoms with van der Waals surface area (Å²) in [5.74, 6) is -1.30. The van der Waals surface area contributed by atoms with Crippen LogP contribution in [0, 0.1) is 11.3 Å². The van der Waals surface area contributed by atoms with Gasteiger partial charge in [0.05, 0.1) is 5.41 Å². The van der Waals surface area contributed by atoms with E-state index in [0.29, 0.717) is 13.1 Å². The smallest absolute Gasteiger partial charge is 0.309 e. The summed E-state index contributed by atoms with van der Waals surface area (Å²) in [5.41, 5.74) is -0.851. The molecule has 1 rings (SSSR count). The second kappa shape index (κ2) is 6.24. The number of amides is 2. The van der Waals surface area contributed by atoms with Gasteiger partial charge in [-0.1, -0.05) is 0 Å². The molecule has 0 bridgehead atoms. The first-order valence-electron chi connectivity index (χ1n) is 6.95. The van der Waals surface area contributed by atoms with Crippen molar-refractivity contribution >= 4 is 17.8 Å². The fourth-order valence-electron chi connectivity index (χ4n) is 2.58. The zero-order valence-electron chi connectivity index (χ0n) is 12.6. The van der Waals surface area contributed by atoms with E-state index in [4.69, 9.17) is 0 Å². The lowest BCUT2D eigenvalue weighted by molar-refractivity contribution is -0.153. The van der Waals surface area contributed by atoms with E-state index >= 15 is 0 Å². The van der Waals surface area contributed by atoms with Crippen LogP contribution in [0.1, 0.15) is 40.5 Å². The molecule has 1 saturated heterocycles. The fourth-order valence-corrected chi connectivity index (χ4v) is 2.58. The Labute approximate surface area is 119 Å². The molecule has 0 aromatic heterocycles. The third kappa shape index (κ3) is 3.71. The quantitative estimate of drug-likeness (QED) is 0.801. The van der Waals surface area contributed by atoms with Crippen molar-refractivity contribution in [3.05, 3.63) is 0 Å². The minimum atomic E-state index is -0.851. The van der Waals surface area contributed by atoms with Crippen LogP contribution in [-0.2, 0) is 14.4 Å². The molecule has 0 aliphatic carbocycles. The summed E-state index contributed by atoms with van der Waals surface area (Å²) in [6.07, 6.45) is 1.59. The monoisotopic (exact) mass is 284 g/mol. The van der Waals surface area contributed by atoms with Crippen molar-refractivity contribution in [2.24, 2.45) is 11.3 Å². The zero-order valence-corrected chi connectivity index (χ0v) is 12.6. The zero-order chi connectivity index (χ0) is 15.5. The van der Waals surface area contributed by atoms with Gasteiger partial charge in [0.25, 0.3) is 0 Å². The molecule has 0 saturated carbocycles. The minimum Gasteiger partial charge on any atom is -0.481 e. The number of carboxylic acid groups (broad SMARTS) is 1. The van der Waals surface area contributed by atoms with Crippen LogP contribution in [0.2, 0.25) is 0 Å². The lowest BCUT2D eigenvalue weighted by Gasteiger charge is -2.40. The van der Waals surface area contributed by atoms with E-state index in [1.54, 1.807) is 25.7 Å². The maximum Gasteiger partial charge on any atom is 0.309 e. The number of hydrogen-bond acceptors (Lipinski definition) is 3. The summed E-state index contributed by atoms with van der Waals surface area (Å²) in [7, 11) is 0. The van der Waals surface area contributed by atoms with Gasteiger partial charge in [-0.05, 0) is 39.5 Å². The second-order valence-corrected chi connectivity index (χ2v) is 6.07. The molecule has 0 aromatic rings. The Balaban J connectivity index is 2.72. The summed E-state index contributed by atoms with van der Waals surface area (Å²) in [6.45, 7) is 7.47. The van der Waals surface area contributed by atoms with Gasteiger partial charge in [0.1, 0.15) is 6.04 Å². The molecule has 1 fully saturated rings. The van der Waals surface area contributed by atoms with Crippen molar-refractivity contribution in [1.29, 1.82) is 0 Å². The molecule has 1 heterocycles. The van der Waals surface area contributed by atoms with Crippen molar-refractivity contribution in [1.82, 2.24) is 10.2 Å². The molecule has 6 heteroatoms. The highest BCUT2D eigenvalue weighted by Crippen LogP contribution is 2.34. The molecule has 0 radical (unpaired) electrons. The van der Waals surface area contributed by atoms with Crippen molar-refractivity contribution in [3.63, 3.8) is 0 Å². The maximum atomic E-state index is 12.2. The van der Waals surface area contributed by atoms with Crippen LogP contribution >= 0.6 is 0 Å². The number of nitrogens with zero attached hydrogens (tertiary/aromatic N) is 1. The van der Waals surface area contributed by atoms with Crippen molar-refractivity contribution < 1.29 is 19.5 Å². The molecule has 0 aromatic carbocycles. The summed E-state index contributed by atoms with van der Waals surface area (Å²) < 4.78 is 0. The first-order chi connectivity index (χ1) is 9.16. The van der Waals surface area contributed by atoms with E-state index in [1.165, 1.54) is 6.92 Å². The summed E-state index contributed by atoms with van der Waals surface area (Å²) in [5, 5.41) is 11.9. The Morgan fingerprint density at radius 3 is 2.45 bits per heavy atom. The highest BCUT2D eigenvalue weighted by atomic mass is 16.4. The molecule has 2 unspecified atom stereocenters. The first-order valence-corrected chi connectivity index (χ1v) is 6.95. The number of hydrogen-bond donors (Lipinski definition) is 2. The number of nitrogens with one attached hydrogen (secondary N) is 1. The van der Waals surface area contributed by atoms with Gasteiger partial charge in [-0.15, -0.1) is 0 Å². The van der Waals surface area contributed by atoms with Crippen LogP contribution < -0.4 is 5.32 Å². The minimum absolute atomic E-state index is 0.0674. The molecular formula is C14H24N2O4. The highest BCUT2D eigenvalue weighted by molar-refractivity contribution is 5.86. The number of carbonyl (C=O) groups excluding carboxylic acids is 2. The van der Waals surface area contributed by atoms with E-state index in [0.717, 1.165) is 12.8 Å². The molecule has 2 amide bonds. The second-order valence-electron chi connectivity index (χ2n) is 6.07. The van der Waals surface area contributed by atoms with Gasteiger partial charge in [-0.2, -0.15) is 0 Å². The maximum absolute atomic E-state index is 12.2. The van der Waals surface area contributed by atoms with E-state index in [2.05, 4.69) is 5.32 Å². The Kier molecular flexibility index (Phi) is 5.14. The molecule has 2 N–H and O–H groups in total. The van der Waals surface area contributed by atoms with Crippen LogP contribution in [0.25, 0.3) is 0 Å². The van der Waals surface area contributed by atoms with Crippen LogP contribution in [0.15, 0.2) is 0 Å². The van der Waals surface area contributed by atoms with Crippen LogP contribution in [0.5, 0.6) is 0 Å². The van der Waals surface area contributed by atoms with E-state index < -0.39 is 17.4 Å². The lowest BCUT2D eigenvalue weighted by Crippen LogP contribution is -2.52.